The lowest BCUT2D eigenvalue weighted by Crippen LogP contribution is -2.30. The molecular weight excluding hydrogens is 419 g/mol. The molecule has 31 heavy (non-hydrogen) atoms. The first-order valence-electron chi connectivity index (χ1n) is 10.3. The molecule has 0 fully saturated rings. The summed E-state index contributed by atoms with van der Waals surface area (Å²) in [6.45, 7) is 3.55. The first-order valence-corrected chi connectivity index (χ1v) is 10.7. The van der Waals surface area contributed by atoms with Crippen molar-refractivity contribution < 1.29 is 13.2 Å². The zero-order valence-electron chi connectivity index (χ0n) is 17.3. The van der Waals surface area contributed by atoms with E-state index in [0.29, 0.717) is 13.0 Å². The number of hydrogen-bond acceptors (Lipinski definition) is 1. The van der Waals surface area contributed by atoms with Gasteiger partial charge in [-0.1, -0.05) is 60.1 Å². The fourth-order valence-electron chi connectivity index (χ4n) is 3.96. The molecule has 4 rings (SSSR count). The zero-order valence-corrected chi connectivity index (χ0v) is 18.0. The van der Waals surface area contributed by atoms with E-state index in [2.05, 4.69) is 29.2 Å². The van der Waals surface area contributed by atoms with Crippen molar-refractivity contribution in [3.63, 3.8) is 0 Å². The molecule has 0 aliphatic carbocycles. The largest absolute Gasteiger partial charge is 0.299 e. The first kappa shape index (κ1) is 21.7. The van der Waals surface area contributed by atoms with E-state index < -0.39 is 17.5 Å². The predicted octanol–water partition coefficient (Wildman–Crippen LogP) is 7.06. The van der Waals surface area contributed by atoms with E-state index in [-0.39, 0.29) is 11.1 Å². The molecule has 0 saturated heterocycles. The molecular formula is C26H23ClF3N. The van der Waals surface area contributed by atoms with E-state index in [1.165, 1.54) is 12.5 Å². The van der Waals surface area contributed by atoms with Crippen LogP contribution in [0.5, 0.6) is 0 Å². The van der Waals surface area contributed by atoms with Gasteiger partial charge in [-0.3, -0.25) is 4.90 Å². The van der Waals surface area contributed by atoms with E-state index >= 15 is 0 Å². The summed E-state index contributed by atoms with van der Waals surface area (Å²) in [5.74, 6) is -2.78. The van der Waals surface area contributed by atoms with Gasteiger partial charge in [-0.15, -0.1) is 0 Å². The maximum absolute atomic E-state index is 14.4. The van der Waals surface area contributed by atoms with Crippen LogP contribution in [0.15, 0.2) is 60.7 Å². The Hall–Kier alpha value is -2.56. The van der Waals surface area contributed by atoms with Gasteiger partial charge in [0.15, 0.2) is 11.6 Å². The predicted molar refractivity (Wildman–Crippen MR) is 121 cm³/mol. The highest BCUT2D eigenvalue weighted by atomic mass is 35.5. The summed E-state index contributed by atoms with van der Waals surface area (Å²) < 4.78 is 41.7. The van der Waals surface area contributed by atoms with Crippen LogP contribution in [0, 0.1) is 24.4 Å². The van der Waals surface area contributed by atoms with Gasteiger partial charge >= 0.3 is 0 Å². The van der Waals surface area contributed by atoms with Crippen molar-refractivity contribution in [1.82, 2.24) is 4.90 Å². The Morgan fingerprint density at radius 2 is 1.68 bits per heavy atom. The standard InChI is InChI=1S/C26H23ClF3N/c1-17-25(29)22(16-24(28)26(17)30)20-11-14-31(15-12-20)13-10-18-6-8-19(9-7-18)21-4-2-3-5-23(21)27/h2-9,11,16H,10,12-15H2,1H3. The lowest BCUT2D eigenvalue weighted by atomic mass is 9.96. The molecule has 1 aliphatic heterocycles. The van der Waals surface area contributed by atoms with Gasteiger partial charge in [0.2, 0.25) is 0 Å². The van der Waals surface area contributed by atoms with Gasteiger partial charge in [0.05, 0.1) is 0 Å². The third-order valence-corrected chi connectivity index (χ3v) is 6.20. The number of halogens is 4. The third-order valence-electron chi connectivity index (χ3n) is 5.87. The smallest absolute Gasteiger partial charge is 0.164 e. The van der Waals surface area contributed by atoms with Crippen LogP contribution in [-0.2, 0) is 6.42 Å². The lowest BCUT2D eigenvalue weighted by Gasteiger charge is -2.27. The lowest BCUT2D eigenvalue weighted by molar-refractivity contribution is 0.305. The van der Waals surface area contributed by atoms with Crippen LogP contribution in [0.3, 0.4) is 0 Å². The summed E-state index contributed by atoms with van der Waals surface area (Å²) in [6, 6.07) is 17.1. The minimum absolute atomic E-state index is 0.172. The SMILES string of the molecule is Cc1c(F)c(F)cc(C2=CCN(CCc3ccc(-c4ccccc4Cl)cc3)CC2)c1F. The van der Waals surface area contributed by atoms with Crippen molar-refractivity contribution in [1.29, 1.82) is 0 Å². The number of hydrogen-bond donors (Lipinski definition) is 0. The minimum atomic E-state index is -1.11. The van der Waals surface area contributed by atoms with Gasteiger partial charge in [0, 0.05) is 41.3 Å². The van der Waals surface area contributed by atoms with Gasteiger partial charge in [-0.05, 0) is 48.6 Å². The summed E-state index contributed by atoms with van der Waals surface area (Å²) in [6.07, 6.45) is 3.41. The Bertz CT molecular complexity index is 1120. The van der Waals surface area contributed by atoms with Crippen LogP contribution in [0.25, 0.3) is 16.7 Å². The Morgan fingerprint density at radius 1 is 0.935 bits per heavy atom. The van der Waals surface area contributed by atoms with Gasteiger partial charge in [-0.25, -0.2) is 13.2 Å². The molecule has 0 N–H and O–H groups in total. The third kappa shape index (κ3) is 4.70. The second-order valence-electron chi connectivity index (χ2n) is 7.87. The monoisotopic (exact) mass is 441 g/mol. The molecule has 1 heterocycles. The maximum Gasteiger partial charge on any atom is 0.164 e. The van der Waals surface area contributed by atoms with Crippen LogP contribution in [0.1, 0.15) is 23.1 Å². The Labute approximate surface area is 185 Å². The first-order chi connectivity index (χ1) is 14.9. The number of benzene rings is 3. The van der Waals surface area contributed by atoms with Crippen LogP contribution < -0.4 is 0 Å². The normalized spacial score (nSPS) is 14.5. The van der Waals surface area contributed by atoms with E-state index in [1.54, 1.807) is 0 Å². The molecule has 3 aromatic rings. The highest BCUT2D eigenvalue weighted by molar-refractivity contribution is 6.33. The van der Waals surface area contributed by atoms with Crippen molar-refractivity contribution in [2.24, 2.45) is 0 Å². The Kier molecular flexibility index (Phi) is 6.49. The van der Waals surface area contributed by atoms with Crippen molar-refractivity contribution in [2.75, 3.05) is 19.6 Å². The Morgan fingerprint density at radius 3 is 2.35 bits per heavy atom. The second-order valence-corrected chi connectivity index (χ2v) is 8.27. The van der Waals surface area contributed by atoms with Crippen molar-refractivity contribution in [3.05, 3.63) is 99.8 Å². The molecule has 0 atom stereocenters. The van der Waals surface area contributed by atoms with Crippen LogP contribution >= 0.6 is 11.6 Å². The fraction of sp³-hybridized carbons (Fsp3) is 0.231. The summed E-state index contributed by atoms with van der Waals surface area (Å²) in [5.41, 5.74) is 3.98. The van der Waals surface area contributed by atoms with Crippen LogP contribution in [-0.4, -0.2) is 24.5 Å². The van der Waals surface area contributed by atoms with Gasteiger partial charge in [0.1, 0.15) is 5.82 Å². The minimum Gasteiger partial charge on any atom is -0.299 e. The molecule has 1 nitrogen and oxygen atoms in total. The summed E-state index contributed by atoms with van der Waals surface area (Å²) in [4.78, 5) is 2.27. The summed E-state index contributed by atoms with van der Waals surface area (Å²) >= 11 is 6.28. The van der Waals surface area contributed by atoms with Crippen LogP contribution in [0.2, 0.25) is 5.02 Å². The number of nitrogens with zero attached hydrogens (tertiary/aromatic N) is 1. The average molecular weight is 442 g/mol. The molecule has 0 bridgehead atoms. The maximum atomic E-state index is 14.4. The zero-order chi connectivity index (χ0) is 22.0. The van der Waals surface area contributed by atoms with E-state index in [9.17, 15) is 13.2 Å². The van der Waals surface area contributed by atoms with Crippen LogP contribution in [0.4, 0.5) is 13.2 Å². The molecule has 0 unspecified atom stereocenters. The molecule has 0 aromatic heterocycles. The van der Waals surface area contributed by atoms with Crippen molar-refractivity contribution >= 4 is 17.2 Å². The Balaban J connectivity index is 1.38. The molecule has 1 aliphatic rings. The number of rotatable bonds is 5. The molecule has 160 valence electrons. The summed E-state index contributed by atoms with van der Waals surface area (Å²) in [7, 11) is 0. The highest BCUT2D eigenvalue weighted by Crippen LogP contribution is 2.30. The molecule has 0 amide bonds. The topological polar surface area (TPSA) is 3.24 Å². The highest BCUT2D eigenvalue weighted by Gasteiger charge is 2.20. The van der Waals surface area contributed by atoms with E-state index in [0.717, 1.165) is 47.3 Å². The summed E-state index contributed by atoms with van der Waals surface area (Å²) in [5, 5.41) is 0.735. The van der Waals surface area contributed by atoms with Gasteiger partial charge in [-0.2, -0.15) is 0 Å². The molecule has 0 saturated carbocycles. The average Bonchev–Trinajstić information content (AvgIpc) is 2.80. The van der Waals surface area contributed by atoms with Crippen molar-refractivity contribution in [2.45, 2.75) is 19.8 Å². The molecule has 5 heteroatoms. The second kappa shape index (κ2) is 9.29. The van der Waals surface area contributed by atoms with E-state index in [1.807, 2.05) is 30.3 Å². The fourth-order valence-corrected chi connectivity index (χ4v) is 4.20. The molecule has 0 radical (unpaired) electrons. The van der Waals surface area contributed by atoms with Crippen molar-refractivity contribution in [3.8, 4) is 11.1 Å². The molecule has 3 aromatic carbocycles. The van der Waals surface area contributed by atoms with Gasteiger partial charge in [0.25, 0.3) is 0 Å². The van der Waals surface area contributed by atoms with E-state index in [4.69, 9.17) is 11.6 Å². The quantitative estimate of drug-likeness (QED) is 0.383. The van der Waals surface area contributed by atoms with Gasteiger partial charge < -0.3 is 0 Å². The molecule has 0 spiro atoms.